The minimum atomic E-state index is -0.431. The summed E-state index contributed by atoms with van der Waals surface area (Å²) in [5.74, 6) is -1.50. The highest BCUT2D eigenvalue weighted by Gasteiger charge is 2.19. The van der Waals surface area contributed by atoms with Crippen molar-refractivity contribution < 1.29 is 23.9 Å². The summed E-state index contributed by atoms with van der Waals surface area (Å²) in [6.07, 6.45) is 4.89. The zero-order chi connectivity index (χ0) is 30.5. The van der Waals surface area contributed by atoms with Crippen LogP contribution in [-0.4, -0.2) is 91.2 Å². The number of rotatable bonds is 10. The first-order valence-corrected chi connectivity index (χ1v) is 14.3. The molecule has 4 aromatic rings. The smallest absolute Gasteiger partial charge is 0.277 e. The van der Waals surface area contributed by atoms with Crippen LogP contribution in [0.5, 0.6) is 0 Å². The Hall–Kier alpha value is -4.80. The molecule has 0 aromatic carbocycles. The monoisotopic (exact) mass is 608 g/mol. The number of carbonyl (C=O) groups excluding carboxylic acids is 4. The fourth-order valence-corrected chi connectivity index (χ4v) is 5.10. The van der Waals surface area contributed by atoms with E-state index in [2.05, 4.69) is 35.8 Å². The number of hydrogen-bond donors (Lipinski definition) is 4. The Morgan fingerprint density at radius 3 is 1.74 bits per heavy atom. The van der Waals surface area contributed by atoms with Crippen LogP contribution in [0, 0.1) is 0 Å². The van der Waals surface area contributed by atoms with Crippen LogP contribution in [0.25, 0.3) is 0 Å². The summed E-state index contributed by atoms with van der Waals surface area (Å²) in [5, 5.41) is 16.5. The highest BCUT2D eigenvalue weighted by atomic mass is 32.1. The van der Waals surface area contributed by atoms with Gasteiger partial charge in [-0.1, -0.05) is 4.49 Å². The van der Waals surface area contributed by atoms with Crippen LogP contribution in [0.3, 0.4) is 0 Å². The van der Waals surface area contributed by atoms with E-state index in [1.54, 1.807) is 65.6 Å². The maximum atomic E-state index is 13.1. The molecule has 0 bridgehead atoms. The van der Waals surface area contributed by atoms with Gasteiger partial charge in [-0.25, -0.2) is 0 Å². The number of anilines is 3. The number of morpholine rings is 1. The lowest BCUT2D eigenvalue weighted by Crippen LogP contribution is -2.41. The van der Waals surface area contributed by atoms with Crippen LogP contribution in [0.2, 0.25) is 0 Å². The van der Waals surface area contributed by atoms with Crippen LogP contribution in [0.15, 0.2) is 42.2 Å². The summed E-state index contributed by atoms with van der Waals surface area (Å²) in [5.41, 5.74) is 2.49. The number of ether oxygens (including phenoxy) is 1. The molecule has 1 fully saturated rings. The van der Waals surface area contributed by atoms with Crippen molar-refractivity contribution in [3.63, 3.8) is 0 Å². The molecule has 1 saturated heterocycles. The lowest BCUT2D eigenvalue weighted by molar-refractivity contribution is 0.0383. The number of amides is 4. The van der Waals surface area contributed by atoms with Gasteiger partial charge in [0.1, 0.15) is 17.1 Å². The molecule has 16 heteroatoms. The number of aromatic nitrogens is 5. The second-order valence-corrected chi connectivity index (χ2v) is 10.6. The lowest BCUT2D eigenvalue weighted by atomic mass is 10.3. The minimum absolute atomic E-state index is 0.185. The van der Waals surface area contributed by atoms with Gasteiger partial charge in [-0.3, -0.25) is 24.1 Å². The largest absolute Gasteiger partial charge is 0.379 e. The van der Waals surface area contributed by atoms with Gasteiger partial charge in [-0.05, 0) is 29.7 Å². The molecular formula is C27H32N10O5S. The third-order valence-corrected chi connectivity index (χ3v) is 7.40. The molecule has 43 heavy (non-hydrogen) atoms. The van der Waals surface area contributed by atoms with Crippen molar-refractivity contribution in [1.82, 2.24) is 33.5 Å². The minimum Gasteiger partial charge on any atom is -0.379 e. The van der Waals surface area contributed by atoms with Crippen molar-refractivity contribution in [3.8, 4) is 0 Å². The number of aryl methyl sites for hydroxylation is 3. The number of hydrogen-bond acceptors (Lipinski definition) is 9. The summed E-state index contributed by atoms with van der Waals surface area (Å²) in [4.78, 5) is 53.3. The first kappa shape index (κ1) is 29.7. The molecular weight excluding hydrogens is 576 g/mol. The summed E-state index contributed by atoms with van der Waals surface area (Å²) < 4.78 is 13.8. The Morgan fingerprint density at radius 1 is 0.767 bits per heavy atom. The Labute approximate surface area is 251 Å². The van der Waals surface area contributed by atoms with Crippen molar-refractivity contribution in [2.75, 3.05) is 55.3 Å². The van der Waals surface area contributed by atoms with Gasteiger partial charge in [-0.2, -0.15) is 0 Å². The second kappa shape index (κ2) is 13.0. The van der Waals surface area contributed by atoms with Crippen molar-refractivity contribution in [1.29, 1.82) is 0 Å². The number of nitrogens with one attached hydrogen (secondary N) is 4. The van der Waals surface area contributed by atoms with Crippen LogP contribution >= 0.6 is 11.5 Å². The first-order chi connectivity index (χ1) is 20.7. The number of nitrogens with zero attached hydrogens (tertiary/aromatic N) is 6. The van der Waals surface area contributed by atoms with E-state index in [1.165, 1.54) is 11.4 Å². The van der Waals surface area contributed by atoms with Gasteiger partial charge in [0.2, 0.25) is 0 Å². The summed E-state index contributed by atoms with van der Waals surface area (Å²) >= 11 is 1.06. The molecule has 0 radical (unpaired) electrons. The highest BCUT2D eigenvalue weighted by molar-refractivity contribution is 7.03. The summed E-state index contributed by atoms with van der Waals surface area (Å²) in [6, 6.07) is 4.70. The molecule has 0 spiro atoms. The van der Waals surface area contributed by atoms with E-state index in [4.69, 9.17) is 4.74 Å². The average molecular weight is 609 g/mol. The van der Waals surface area contributed by atoms with E-state index >= 15 is 0 Å². The molecule has 0 unspecified atom stereocenters. The third kappa shape index (κ3) is 7.17. The molecule has 0 saturated carbocycles. The maximum absolute atomic E-state index is 13.1. The SMILES string of the molecule is Cn1cc(NC(=O)c2cc(NC(=O)c3cc(NC(=O)c4csnn4)cn3C)cn2C)cc1C(=O)NCCN1CCOCC1. The Bertz CT molecular complexity index is 1630. The standard InChI is InChI=1S/C27H32N10O5S/c1-34-14-18(10-21(34)25(39)28-4-5-37-6-8-42-9-7-37)30-27(41)23-12-19(15-36(23)3)31-26(40)22-11-17(13-35(22)2)29-24(38)20-16-43-33-32-20/h10-16H,4-9H2,1-3H3,(H,28,39)(H,29,38)(H,30,41)(H,31,40). The van der Waals surface area contributed by atoms with Crippen molar-refractivity contribution in [3.05, 3.63) is 64.9 Å². The van der Waals surface area contributed by atoms with E-state index in [0.717, 1.165) is 31.2 Å². The Morgan fingerprint density at radius 2 is 1.26 bits per heavy atom. The van der Waals surface area contributed by atoms with Gasteiger partial charge in [0.05, 0.1) is 30.3 Å². The van der Waals surface area contributed by atoms with Crippen LogP contribution in [-0.2, 0) is 25.9 Å². The van der Waals surface area contributed by atoms with Crippen LogP contribution in [0.1, 0.15) is 42.0 Å². The molecule has 226 valence electrons. The van der Waals surface area contributed by atoms with Crippen LogP contribution in [0.4, 0.5) is 17.1 Å². The summed E-state index contributed by atoms with van der Waals surface area (Å²) in [7, 11) is 5.10. The fraction of sp³-hybridized carbons (Fsp3) is 0.333. The predicted octanol–water partition coefficient (Wildman–Crippen LogP) is 1.37. The quantitative estimate of drug-likeness (QED) is 0.209. The normalized spacial score (nSPS) is 13.5. The van der Waals surface area contributed by atoms with Gasteiger partial charge >= 0.3 is 0 Å². The first-order valence-electron chi connectivity index (χ1n) is 13.5. The van der Waals surface area contributed by atoms with E-state index in [0.29, 0.717) is 53.9 Å². The van der Waals surface area contributed by atoms with E-state index < -0.39 is 17.7 Å². The number of carbonyl (C=O) groups is 4. The molecule has 4 N–H and O–H groups in total. The molecule has 1 aliphatic heterocycles. The molecule has 5 heterocycles. The molecule has 4 amide bonds. The molecule has 1 aliphatic rings. The van der Waals surface area contributed by atoms with Gasteiger partial charge in [0, 0.05) is 71.3 Å². The average Bonchev–Trinajstić information content (AvgIpc) is 3.77. The molecule has 15 nitrogen and oxygen atoms in total. The Kier molecular flexibility index (Phi) is 8.98. The molecule has 0 aliphatic carbocycles. The molecule has 0 atom stereocenters. The van der Waals surface area contributed by atoms with Crippen molar-refractivity contribution in [2.24, 2.45) is 21.1 Å². The molecule has 5 rings (SSSR count). The van der Waals surface area contributed by atoms with Gasteiger partial charge in [0.15, 0.2) is 5.69 Å². The van der Waals surface area contributed by atoms with Gasteiger partial charge in [-0.15, -0.1) is 5.10 Å². The van der Waals surface area contributed by atoms with Gasteiger partial charge in [0.25, 0.3) is 23.6 Å². The Balaban J connectivity index is 1.17. The van der Waals surface area contributed by atoms with Gasteiger partial charge < -0.3 is 39.7 Å². The summed E-state index contributed by atoms with van der Waals surface area (Å²) in [6.45, 7) is 4.34. The zero-order valence-electron chi connectivity index (χ0n) is 23.9. The topological polar surface area (TPSA) is 169 Å². The molecule has 4 aromatic heterocycles. The zero-order valence-corrected chi connectivity index (χ0v) is 24.7. The lowest BCUT2D eigenvalue weighted by Gasteiger charge is -2.26. The van der Waals surface area contributed by atoms with Crippen molar-refractivity contribution >= 4 is 52.2 Å². The third-order valence-electron chi connectivity index (χ3n) is 6.90. The van der Waals surface area contributed by atoms with E-state index in [9.17, 15) is 19.2 Å². The highest BCUT2D eigenvalue weighted by Crippen LogP contribution is 2.20. The van der Waals surface area contributed by atoms with E-state index in [-0.39, 0.29) is 11.6 Å². The predicted molar refractivity (Wildman–Crippen MR) is 160 cm³/mol. The maximum Gasteiger partial charge on any atom is 0.277 e. The van der Waals surface area contributed by atoms with Crippen LogP contribution < -0.4 is 21.3 Å². The van der Waals surface area contributed by atoms with Crippen molar-refractivity contribution in [2.45, 2.75) is 0 Å². The second-order valence-electron chi connectivity index (χ2n) is 10.0. The van der Waals surface area contributed by atoms with E-state index in [1.807, 2.05) is 0 Å². The fourth-order valence-electron chi connectivity index (χ4n) is 4.67.